The van der Waals surface area contributed by atoms with Crippen molar-refractivity contribution in [2.45, 2.75) is 45.4 Å². The van der Waals surface area contributed by atoms with Gasteiger partial charge >= 0.3 is 65.9 Å². The first kappa shape index (κ1) is 9.39. The molecular weight excluding hydrogens is 175 g/mol. The molecule has 0 aliphatic heterocycles. The van der Waals surface area contributed by atoms with E-state index < -0.39 is 0 Å². The second-order valence-corrected chi connectivity index (χ2v) is 3.07. The molecule has 0 fully saturated rings. The minimum absolute atomic E-state index is 1.25. The van der Waals surface area contributed by atoms with E-state index in [1.807, 2.05) is 0 Å². The molecule has 0 aliphatic rings. The second-order valence-electron chi connectivity index (χ2n) is 2.37. The quantitative estimate of drug-likeness (QED) is 0.446. The Hall–Kier alpha value is 0.389. The normalized spacial score (nSPS) is 9.44. The molecule has 0 aromatic carbocycles. The molecule has 0 heterocycles. The van der Waals surface area contributed by atoms with Gasteiger partial charge in [-0.05, 0) is 0 Å². The van der Waals surface area contributed by atoms with Crippen LogP contribution in [0.15, 0.2) is 0 Å². The third-order valence-corrected chi connectivity index (χ3v) is 1.92. The van der Waals surface area contributed by atoms with Crippen molar-refractivity contribution in [3.8, 4) is 0 Å². The summed E-state index contributed by atoms with van der Waals surface area (Å²) in [6, 6.07) is 0. The van der Waals surface area contributed by atoms with E-state index in [4.69, 9.17) is 0 Å². The van der Waals surface area contributed by atoms with Gasteiger partial charge in [-0.15, -0.1) is 0 Å². The van der Waals surface area contributed by atoms with Gasteiger partial charge in [0.05, 0.1) is 0 Å². The fourth-order valence-corrected chi connectivity index (χ4v) is 1.18. The number of unbranched alkanes of at least 4 members (excludes halogenated alkanes) is 5. The van der Waals surface area contributed by atoms with Gasteiger partial charge < -0.3 is 0 Å². The third-order valence-electron chi connectivity index (χ3n) is 1.43. The summed E-state index contributed by atoms with van der Waals surface area (Å²) in [7, 11) is 0. The average molecular weight is 191 g/mol. The first-order chi connectivity index (χ1) is 4.41. The van der Waals surface area contributed by atoms with Gasteiger partial charge in [-0.2, -0.15) is 0 Å². The summed E-state index contributed by atoms with van der Waals surface area (Å²) in [6.45, 7) is 2.25. The van der Waals surface area contributed by atoms with E-state index in [1.54, 1.807) is 0 Å². The van der Waals surface area contributed by atoms with Crippen LogP contribution in [0.2, 0.25) is 0 Å². The van der Waals surface area contributed by atoms with Crippen LogP contribution in [0.3, 0.4) is 0 Å². The summed E-state index contributed by atoms with van der Waals surface area (Å²) in [5.41, 5.74) is 0. The molecule has 0 amide bonds. The molecule has 0 N–H and O–H groups in total. The molecule has 0 nitrogen and oxygen atoms in total. The second kappa shape index (κ2) is 8.39. The van der Waals surface area contributed by atoms with Gasteiger partial charge in [0.1, 0.15) is 0 Å². The zero-order valence-corrected chi connectivity index (χ0v) is 7.94. The van der Waals surface area contributed by atoms with E-state index in [0.29, 0.717) is 0 Å². The van der Waals surface area contributed by atoms with Crippen LogP contribution in [0.1, 0.15) is 45.4 Å². The van der Waals surface area contributed by atoms with Crippen LogP contribution >= 0.6 is 0 Å². The average Bonchev–Trinajstić information content (AvgIpc) is 1.89. The molecular formula is C8H16Se. The van der Waals surface area contributed by atoms with Crippen molar-refractivity contribution in [2.24, 2.45) is 0 Å². The standard InChI is InChI=1S/C8H16Se/c1-2-3-4-5-6-7-8-9/h8H,2-7H2,1H3. The molecule has 0 radical (unpaired) electrons. The maximum atomic E-state index is 2.91. The Labute approximate surface area is 66.4 Å². The van der Waals surface area contributed by atoms with Crippen molar-refractivity contribution >= 4 is 20.5 Å². The van der Waals surface area contributed by atoms with E-state index >= 15 is 0 Å². The summed E-state index contributed by atoms with van der Waals surface area (Å²) in [6.07, 6.45) is 8.21. The van der Waals surface area contributed by atoms with Gasteiger partial charge in [0.2, 0.25) is 0 Å². The molecule has 0 spiro atoms. The fourth-order valence-electron chi connectivity index (χ4n) is 0.831. The summed E-state index contributed by atoms with van der Waals surface area (Å²) < 4.78 is 0. The summed E-state index contributed by atoms with van der Waals surface area (Å²) >= 11 is 2.91. The van der Waals surface area contributed by atoms with Crippen molar-refractivity contribution in [1.29, 1.82) is 0 Å². The minimum atomic E-state index is 1.25. The first-order valence-electron chi connectivity index (χ1n) is 3.85. The van der Waals surface area contributed by atoms with E-state index in [1.165, 1.54) is 38.5 Å². The number of hydrogen-bond donors (Lipinski definition) is 0. The maximum absolute atomic E-state index is 2.91. The molecule has 9 heavy (non-hydrogen) atoms. The molecule has 0 saturated heterocycles. The Morgan fingerprint density at radius 2 is 1.78 bits per heavy atom. The Balaban J connectivity index is 2.66. The van der Waals surface area contributed by atoms with Crippen molar-refractivity contribution in [3.63, 3.8) is 0 Å². The van der Waals surface area contributed by atoms with Gasteiger partial charge in [-0.25, -0.2) is 0 Å². The van der Waals surface area contributed by atoms with Crippen LogP contribution in [0.5, 0.6) is 0 Å². The van der Waals surface area contributed by atoms with E-state index in [2.05, 4.69) is 27.4 Å². The summed E-state index contributed by atoms with van der Waals surface area (Å²) in [4.78, 5) is 2.13. The molecule has 0 bridgehead atoms. The predicted molar refractivity (Wildman–Crippen MR) is 45.2 cm³/mol. The van der Waals surface area contributed by atoms with Crippen LogP contribution in [0.25, 0.3) is 0 Å². The fraction of sp³-hybridized carbons (Fsp3) is 0.875. The molecule has 0 rings (SSSR count). The molecule has 0 saturated carbocycles. The summed E-state index contributed by atoms with van der Waals surface area (Å²) in [5.74, 6) is 0. The van der Waals surface area contributed by atoms with Crippen LogP contribution in [0.4, 0.5) is 0 Å². The van der Waals surface area contributed by atoms with Gasteiger partial charge in [0.25, 0.3) is 0 Å². The molecule has 54 valence electrons. The van der Waals surface area contributed by atoms with Gasteiger partial charge in [0, 0.05) is 0 Å². The van der Waals surface area contributed by atoms with Gasteiger partial charge in [-0.3, -0.25) is 0 Å². The molecule has 0 aromatic heterocycles. The van der Waals surface area contributed by atoms with Gasteiger partial charge in [-0.1, -0.05) is 0 Å². The predicted octanol–water partition coefficient (Wildman–Crippen LogP) is 2.32. The van der Waals surface area contributed by atoms with Gasteiger partial charge in [0.15, 0.2) is 0 Å². The van der Waals surface area contributed by atoms with Crippen molar-refractivity contribution < 1.29 is 0 Å². The van der Waals surface area contributed by atoms with Crippen molar-refractivity contribution in [1.82, 2.24) is 0 Å². The van der Waals surface area contributed by atoms with E-state index in [-0.39, 0.29) is 0 Å². The molecule has 0 aromatic rings. The van der Waals surface area contributed by atoms with Crippen LogP contribution in [-0.2, 0) is 0 Å². The number of rotatable bonds is 6. The first-order valence-corrected chi connectivity index (χ1v) is 4.84. The molecule has 0 atom stereocenters. The van der Waals surface area contributed by atoms with Crippen LogP contribution in [-0.4, -0.2) is 20.5 Å². The SMILES string of the molecule is CCCCCCCC=[Se]. The van der Waals surface area contributed by atoms with E-state index in [0.717, 1.165) is 0 Å². The summed E-state index contributed by atoms with van der Waals surface area (Å²) in [5, 5.41) is 0. The third kappa shape index (κ3) is 8.39. The number of hydrogen-bond acceptors (Lipinski definition) is 0. The zero-order chi connectivity index (χ0) is 6.95. The van der Waals surface area contributed by atoms with Crippen LogP contribution < -0.4 is 0 Å². The Bertz CT molecular complexity index is 59.6. The van der Waals surface area contributed by atoms with Crippen molar-refractivity contribution in [2.75, 3.05) is 0 Å². The van der Waals surface area contributed by atoms with E-state index in [9.17, 15) is 0 Å². The molecule has 0 unspecified atom stereocenters. The zero-order valence-electron chi connectivity index (χ0n) is 6.23. The Kier molecular flexibility index (Phi) is 8.75. The Morgan fingerprint density at radius 3 is 2.33 bits per heavy atom. The monoisotopic (exact) mass is 192 g/mol. The molecule has 0 aliphatic carbocycles. The van der Waals surface area contributed by atoms with Crippen molar-refractivity contribution in [3.05, 3.63) is 0 Å². The molecule has 1 heteroatoms. The van der Waals surface area contributed by atoms with Crippen LogP contribution in [0, 0.1) is 0 Å². The Morgan fingerprint density at radius 1 is 1.11 bits per heavy atom. The topological polar surface area (TPSA) is 0 Å².